The fourth-order valence-corrected chi connectivity index (χ4v) is 3.49. The van der Waals surface area contributed by atoms with Gasteiger partial charge >= 0.3 is 0 Å². The van der Waals surface area contributed by atoms with Crippen molar-refractivity contribution in [3.8, 4) is 0 Å². The fourth-order valence-electron chi connectivity index (χ4n) is 2.92. The molecule has 0 aliphatic carbocycles. The maximum atomic E-state index is 12.3. The van der Waals surface area contributed by atoms with Crippen LogP contribution >= 0.6 is 0 Å². The van der Waals surface area contributed by atoms with E-state index in [1.165, 1.54) is 6.07 Å². The molecular formula is C14H18N2O4S. The molecule has 1 fully saturated rings. The number of hydrogen-bond donors (Lipinski definition) is 1. The van der Waals surface area contributed by atoms with Gasteiger partial charge in [-0.3, -0.25) is 4.79 Å². The van der Waals surface area contributed by atoms with Crippen LogP contribution in [0.2, 0.25) is 0 Å². The van der Waals surface area contributed by atoms with Crippen LogP contribution in [-0.4, -0.2) is 33.6 Å². The first kappa shape index (κ1) is 14.5. The van der Waals surface area contributed by atoms with Gasteiger partial charge in [0.15, 0.2) is 0 Å². The number of sulfonamides is 1. The van der Waals surface area contributed by atoms with Gasteiger partial charge in [0.05, 0.1) is 17.4 Å². The van der Waals surface area contributed by atoms with Crippen LogP contribution in [0.25, 0.3) is 0 Å². The van der Waals surface area contributed by atoms with Crippen LogP contribution in [0.3, 0.4) is 0 Å². The number of nitrogens with two attached hydrogens (primary N) is 1. The Kier molecular flexibility index (Phi) is 3.73. The van der Waals surface area contributed by atoms with Crippen LogP contribution in [0.5, 0.6) is 0 Å². The van der Waals surface area contributed by atoms with Gasteiger partial charge in [-0.05, 0) is 43.0 Å². The summed E-state index contributed by atoms with van der Waals surface area (Å²) < 4.78 is 28.2. The van der Waals surface area contributed by atoms with E-state index in [-0.39, 0.29) is 16.9 Å². The van der Waals surface area contributed by atoms with Gasteiger partial charge in [0.2, 0.25) is 15.9 Å². The van der Waals surface area contributed by atoms with Crippen molar-refractivity contribution in [1.29, 1.82) is 0 Å². The standard InChI is InChI=1S/C14H18N2O4S/c15-21(18,19)12-3-4-13-10(8-12)5-6-16(13)14(17)9-11-2-1-7-20-11/h3-4,8,11H,1-2,5-7,9H2,(H2,15,18,19). The molecule has 3 rings (SSSR count). The Bertz CT molecular complexity index is 666. The number of anilines is 1. The average molecular weight is 310 g/mol. The van der Waals surface area contributed by atoms with Crippen LogP contribution < -0.4 is 10.0 Å². The van der Waals surface area contributed by atoms with Gasteiger partial charge in [0.1, 0.15) is 0 Å². The van der Waals surface area contributed by atoms with Gasteiger partial charge in [-0.15, -0.1) is 0 Å². The van der Waals surface area contributed by atoms with E-state index in [9.17, 15) is 13.2 Å². The quantitative estimate of drug-likeness (QED) is 0.894. The number of benzene rings is 1. The Morgan fingerprint density at radius 1 is 1.43 bits per heavy atom. The van der Waals surface area contributed by atoms with Gasteiger partial charge in [0, 0.05) is 18.8 Å². The number of fused-ring (bicyclic) bond motifs is 1. The zero-order valence-electron chi connectivity index (χ0n) is 11.6. The summed E-state index contributed by atoms with van der Waals surface area (Å²) in [6.07, 6.45) is 2.99. The molecule has 0 spiro atoms. The Morgan fingerprint density at radius 2 is 2.24 bits per heavy atom. The predicted octanol–water partition coefficient (Wildman–Crippen LogP) is 0.792. The molecule has 2 aliphatic rings. The van der Waals surface area contributed by atoms with Crippen molar-refractivity contribution in [3.63, 3.8) is 0 Å². The van der Waals surface area contributed by atoms with Crippen LogP contribution in [0.15, 0.2) is 23.1 Å². The number of ether oxygens (including phenoxy) is 1. The number of hydrogen-bond acceptors (Lipinski definition) is 4. The second-order valence-corrected chi connectivity index (χ2v) is 7.03. The molecule has 114 valence electrons. The van der Waals surface area contributed by atoms with Crippen molar-refractivity contribution in [2.24, 2.45) is 5.14 Å². The molecule has 6 nitrogen and oxygen atoms in total. The van der Waals surface area contributed by atoms with Crippen molar-refractivity contribution in [2.45, 2.75) is 36.7 Å². The number of rotatable bonds is 3. The number of carbonyl (C=O) groups is 1. The number of amides is 1. The first-order valence-corrected chi connectivity index (χ1v) is 8.57. The predicted molar refractivity (Wildman–Crippen MR) is 77.5 cm³/mol. The third-order valence-electron chi connectivity index (χ3n) is 4.00. The summed E-state index contributed by atoms with van der Waals surface area (Å²) in [5.41, 5.74) is 1.63. The Morgan fingerprint density at radius 3 is 2.90 bits per heavy atom. The SMILES string of the molecule is NS(=O)(=O)c1ccc2c(c1)CCN2C(=O)CC1CCCO1. The molecule has 1 amide bonds. The van der Waals surface area contributed by atoms with Crippen molar-refractivity contribution < 1.29 is 17.9 Å². The van der Waals surface area contributed by atoms with E-state index >= 15 is 0 Å². The van der Waals surface area contributed by atoms with Gasteiger partial charge in [-0.25, -0.2) is 13.6 Å². The summed E-state index contributed by atoms with van der Waals surface area (Å²) in [6.45, 7) is 1.31. The van der Waals surface area contributed by atoms with E-state index in [0.29, 0.717) is 19.4 Å². The molecule has 0 aromatic heterocycles. The third-order valence-corrected chi connectivity index (χ3v) is 4.91. The largest absolute Gasteiger partial charge is 0.378 e. The van der Waals surface area contributed by atoms with Crippen molar-refractivity contribution in [3.05, 3.63) is 23.8 Å². The molecular weight excluding hydrogens is 292 g/mol. The summed E-state index contributed by atoms with van der Waals surface area (Å²) >= 11 is 0. The lowest BCUT2D eigenvalue weighted by atomic mass is 10.1. The number of nitrogens with zero attached hydrogens (tertiary/aromatic N) is 1. The molecule has 0 radical (unpaired) electrons. The zero-order chi connectivity index (χ0) is 15.0. The maximum absolute atomic E-state index is 12.3. The van der Waals surface area contributed by atoms with Gasteiger partial charge < -0.3 is 9.64 Å². The van der Waals surface area contributed by atoms with Gasteiger partial charge in [0.25, 0.3) is 0 Å². The highest BCUT2D eigenvalue weighted by atomic mass is 32.2. The van der Waals surface area contributed by atoms with Crippen LogP contribution in [0.1, 0.15) is 24.8 Å². The molecule has 1 unspecified atom stereocenters. The lowest BCUT2D eigenvalue weighted by Crippen LogP contribution is -2.31. The molecule has 1 aromatic carbocycles. The Hall–Kier alpha value is -1.44. The van der Waals surface area contributed by atoms with Gasteiger partial charge in [-0.1, -0.05) is 0 Å². The average Bonchev–Trinajstić information content (AvgIpc) is 3.05. The lowest BCUT2D eigenvalue weighted by Gasteiger charge is -2.19. The van der Waals surface area contributed by atoms with E-state index in [2.05, 4.69) is 0 Å². The summed E-state index contributed by atoms with van der Waals surface area (Å²) in [5, 5.41) is 5.13. The van der Waals surface area contributed by atoms with Gasteiger partial charge in [-0.2, -0.15) is 0 Å². The monoisotopic (exact) mass is 310 g/mol. The fraction of sp³-hybridized carbons (Fsp3) is 0.500. The minimum absolute atomic E-state index is 0.0187. The first-order valence-electron chi connectivity index (χ1n) is 7.03. The normalized spacial score (nSPS) is 21.6. The zero-order valence-corrected chi connectivity index (χ0v) is 12.4. The molecule has 7 heteroatoms. The molecule has 1 saturated heterocycles. The topological polar surface area (TPSA) is 89.7 Å². The van der Waals surface area contributed by atoms with E-state index in [4.69, 9.17) is 9.88 Å². The smallest absolute Gasteiger partial charge is 0.238 e. The number of primary sulfonamides is 1. The molecule has 0 saturated carbocycles. The Balaban J connectivity index is 1.78. The Labute approximate surface area is 123 Å². The number of carbonyl (C=O) groups excluding carboxylic acids is 1. The summed E-state index contributed by atoms with van der Waals surface area (Å²) in [6, 6.07) is 4.67. The summed E-state index contributed by atoms with van der Waals surface area (Å²) in [5.74, 6) is 0.0315. The minimum atomic E-state index is -3.70. The second kappa shape index (κ2) is 5.40. The highest BCUT2D eigenvalue weighted by molar-refractivity contribution is 7.89. The molecule has 2 heterocycles. The summed E-state index contributed by atoms with van der Waals surface area (Å²) in [4.78, 5) is 14.2. The molecule has 0 bridgehead atoms. The minimum Gasteiger partial charge on any atom is -0.378 e. The lowest BCUT2D eigenvalue weighted by molar-refractivity contribution is -0.120. The molecule has 21 heavy (non-hydrogen) atoms. The first-order chi connectivity index (χ1) is 9.95. The molecule has 2 N–H and O–H groups in total. The molecule has 1 aromatic rings. The van der Waals surface area contributed by atoms with E-state index in [1.54, 1.807) is 17.0 Å². The molecule has 1 atom stereocenters. The van der Waals surface area contributed by atoms with Crippen molar-refractivity contribution >= 4 is 21.6 Å². The highest BCUT2D eigenvalue weighted by Crippen LogP contribution is 2.31. The van der Waals surface area contributed by atoms with Crippen LogP contribution in [0.4, 0.5) is 5.69 Å². The van der Waals surface area contributed by atoms with E-state index < -0.39 is 10.0 Å². The van der Waals surface area contributed by atoms with Crippen molar-refractivity contribution in [1.82, 2.24) is 0 Å². The summed E-state index contributed by atoms with van der Waals surface area (Å²) in [7, 11) is -3.70. The van der Waals surface area contributed by atoms with Crippen molar-refractivity contribution in [2.75, 3.05) is 18.1 Å². The second-order valence-electron chi connectivity index (χ2n) is 5.47. The van der Waals surface area contributed by atoms with E-state index in [1.807, 2.05) is 0 Å². The van der Waals surface area contributed by atoms with Crippen LogP contribution in [-0.2, 0) is 26.0 Å². The third kappa shape index (κ3) is 2.95. The maximum Gasteiger partial charge on any atom is 0.238 e. The highest BCUT2D eigenvalue weighted by Gasteiger charge is 2.28. The van der Waals surface area contributed by atoms with Crippen LogP contribution in [0, 0.1) is 0 Å². The molecule has 2 aliphatic heterocycles. The van der Waals surface area contributed by atoms with E-state index in [0.717, 1.165) is 30.7 Å².